The van der Waals surface area contributed by atoms with Crippen molar-refractivity contribution in [3.63, 3.8) is 0 Å². The van der Waals surface area contributed by atoms with Gasteiger partial charge in [0.15, 0.2) is 5.96 Å². The highest BCUT2D eigenvalue weighted by molar-refractivity contribution is 14.0. The fourth-order valence-corrected chi connectivity index (χ4v) is 3.14. The number of piperidine rings is 1. The number of rotatable bonds is 6. The molecule has 1 saturated heterocycles. The summed E-state index contributed by atoms with van der Waals surface area (Å²) in [7, 11) is 1.84. The molecule has 1 heterocycles. The van der Waals surface area contributed by atoms with E-state index in [4.69, 9.17) is 0 Å². The quantitative estimate of drug-likeness (QED) is 0.400. The van der Waals surface area contributed by atoms with Crippen molar-refractivity contribution in [2.45, 2.75) is 39.2 Å². The maximum Gasteiger partial charge on any atom is 0.191 e. The van der Waals surface area contributed by atoms with Crippen molar-refractivity contribution < 1.29 is 0 Å². The van der Waals surface area contributed by atoms with Gasteiger partial charge in [-0.2, -0.15) is 0 Å². The molecule has 5 heteroatoms. The normalized spacial score (nSPS) is 18.4. The van der Waals surface area contributed by atoms with Crippen LogP contribution in [0.25, 0.3) is 0 Å². The number of likely N-dealkylation sites (tertiary alicyclic amines) is 1. The van der Waals surface area contributed by atoms with Crippen molar-refractivity contribution in [2.24, 2.45) is 10.9 Å². The first-order valence-electron chi connectivity index (χ1n) is 8.93. The summed E-state index contributed by atoms with van der Waals surface area (Å²) in [5.74, 6) is 1.51. The Morgan fingerprint density at radius 1 is 1.12 bits per heavy atom. The van der Waals surface area contributed by atoms with Gasteiger partial charge in [-0.05, 0) is 44.3 Å². The van der Waals surface area contributed by atoms with E-state index in [-0.39, 0.29) is 30.0 Å². The van der Waals surface area contributed by atoms with Crippen LogP contribution in [0.1, 0.15) is 44.7 Å². The smallest absolute Gasteiger partial charge is 0.191 e. The number of hydrogen-bond acceptors (Lipinski definition) is 2. The molecule has 1 aromatic rings. The lowest BCUT2D eigenvalue weighted by molar-refractivity contribution is 0.201. The van der Waals surface area contributed by atoms with Gasteiger partial charge in [0.2, 0.25) is 0 Å². The monoisotopic (exact) mass is 444 g/mol. The molecule has 2 rings (SSSR count). The molecule has 0 radical (unpaired) electrons. The summed E-state index contributed by atoms with van der Waals surface area (Å²) in [6.45, 7) is 9.15. The molecule has 1 aromatic carbocycles. The highest BCUT2D eigenvalue weighted by Gasteiger charge is 2.14. The largest absolute Gasteiger partial charge is 0.356 e. The molecule has 24 heavy (non-hydrogen) atoms. The minimum Gasteiger partial charge on any atom is -0.356 e. The van der Waals surface area contributed by atoms with E-state index < -0.39 is 0 Å². The lowest BCUT2D eigenvalue weighted by Gasteiger charge is -2.29. The van der Waals surface area contributed by atoms with Gasteiger partial charge in [-0.3, -0.25) is 4.99 Å². The lowest BCUT2D eigenvalue weighted by atomic mass is 10.1. The van der Waals surface area contributed by atoms with Crippen molar-refractivity contribution in [3.8, 4) is 0 Å². The maximum absolute atomic E-state index is 4.35. The average molecular weight is 444 g/mol. The average Bonchev–Trinajstić information content (AvgIpc) is 2.60. The van der Waals surface area contributed by atoms with Crippen molar-refractivity contribution in [3.05, 3.63) is 35.9 Å². The summed E-state index contributed by atoms with van der Waals surface area (Å²) in [4.78, 5) is 6.95. The van der Waals surface area contributed by atoms with Gasteiger partial charge in [0.05, 0.1) is 6.04 Å². The first-order valence-corrected chi connectivity index (χ1v) is 8.93. The van der Waals surface area contributed by atoms with Gasteiger partial charge in [0.1, 0.15) is 0 Å². The summed E-state index contributed by atoms with van der Waals surface area (Å²) in [6, 6.07) is 10.7. The molecule has 136 valence electrons. The SMILES string of the molecule is CN=C(NCC(C)CN1CCCCC1)NC(C)c1ccccc1.I. The van der Waals surface area contributed by atoms with E-state index in [9.17, 15) is 0 Å². The number of benzene rings is 1. The molecule has 2 N–H and O–H groups in total. The first kappa shape index (κ1) is 21.2. The fourth-order valence-electron chi connectivity index (χ4n) is 3.14. The maximum atomic E-state index is 4.35. The Hall–Kier alpha value is -0.820. The molecule has 2 atom stereocenters. The predicted molar refractivity (Wildman–Crippen MR) is 114 cm³/mol. The number of nitrogens with one attached hydrogen (secondary N) is 2. The molecular weight excluding hydrogens is 411 g/mol. The molecule has 0 bridgehead atoms. The minimum absolute atomic E-state index is 0. The molecule has 0 saturated carbocycles. The zero-order chi connectivity index (χ0) is 16.5. The molecule has 1 aliphatic heterocycles. The molecule has 0 spiro atoms. The van der Waals surface area contributed by atoms with Crippen LogP contribution in [0.5, 0.6) is 0 Å². The van der Waals surface area contributed by atoms with E-state index >= 15 is 0 Å². The molecule has 1 fully saturated rings. The van der Waals surface area contributed by atoms with Crippen molar-refractivity contribution in [1.29, 1.82) is 0 Å². The molecule has 0 aromatic heterocycles. The molecule has 1 aliphatic rings. The number of hydrogen-bond donors (Lipinski definition) is 2. The summed E-state index contributed by atoms with van der Waals surface area (Å²) in [5.41, 5.74) is 1.27. The van der Waals surface area contributed by atoms with Gasteiger partial charge in [-0.15, -0.1) is 24.0 Å². The van der Waals surface area contributed by atoms with Crippen molar-refractivity contribution >= 4 is 29.9 Å². The van der Waals surface area contributed by atoms with E-state index in [1.807, 2.05) is 13.1 Å². The number of nitrogens with zero attached hydrogens (tertiary/aromatic N) is 2. The Balaban J connectivity index is 0.00000288. The molecule has 2 unspecified atom stereocenters. The van der Waals surface area contributed by atoms with Crippen LogP contribution in [0.15, 0.2) is 35.3 Å². The summed E-state index contributed by atoms with van der Waals surface area (Å²) < 4.78 is 0. The highest BCUT2D eigenvalue weighted by atomic mass is 127. The highest BCUT2D eigenvalue weighted by Crippen LogP contribution is 2.12. The van der Waals surface area contributed by atoms with Gasteiger partial charge in [0.25, 0.3) is 0 Å². The molecule has 0 aliphatic carbocycles. The third-order valence-electron chi connectivity index (χ3n) is 4.51. The fraction of sp³-hybridized carbons (Fsp3) is 0.632. The van der Waals surface area contributed by atoms with Crippen LogP contribution >= 0.6 is 24.0 Å². The second-order valence-corrected chi connectivity index (χ2v) is 6.70. The van der Waals surface area contributed by atoms with Crippen LogP contribution in [0.2, 0.25) is 0 Å². The molecule has 4 nitrogen and oxygen atoms in total. The topological polar surface area (TPSA) is 39.7 Å². The zero-order valence-corrected chi connectivity index (χ0v) is 17.6. The van der Waals surface area contributed by atoms with Gasteiger partial charge in [-0.1, -0.05) is 43.7 Å². The number of guanidine groups is 1. The standard InChI is InChI=1S/C19H32N4.HI/c1-16(15-23-12-8-5-9-13-23)14-21-19(20-3)22-17(2)18-10-6-4-7-11-18;/h4,6-7,10-11,16-17H,5,8-9,12-15H2,1-3H3,(H2,20,21,22);1H. The third kappa shape index (κ3) is 7.38. The van der Waals surface area contributed by atoms with E-state index in [1.165, 1.54) is 44.5 Å². The van der Waals surface area contributed by atoms with Crippen LogP contribution in [-0.2, 0) is 0 Å². The van der Waals surface area contributed by atoms with Crippen LogP contribution in [0.3, 0.4) is 0 Å². The predicted octanol–water partition coefficient (Wildman–Crippen LogP) is 3.65. The minimum atomic E-state index is 0. The van der Waals surface area contributed by atoms with Crippen molar-refractivity contribution in [1.82, 2.24) is 15.5 Å². The van der Waals surface area contributed by atoms with E-state index in [0.29, 0.717) is 5.92 Å². The van der Waals surface area contributed by atoms with Crippen LogP contribution in [0.4, 0.5) is 0 Å². The molecule has 0 amide bonds. The Bertz CT molecular complexity index is 472. The second kappa shape index (κ2) is 11.7. The Kier molecular flexibility index (Phi) is 10.3. The summed E-state index contributed by atoms with van der Waals surface area (Å²) in [6.07, 6.45) is 4.12. The third-order valence-corrected chi connectivity index (χ3v) is 4.51. The Labute approximate surface area is 164 Å². The summed E-state index contributed by atoms with van der Waals surface area (Å²) in [5, 5.41) is 6.94. The van der Waals surface area contributed by atoms with E-state index in [0.717, 1.165) is 12.5 Å². The second-order valence-electron chi connectivity index (χ2n) is 6.70. The van der Waals surface area contributed by atoms with Gasteiger partial charge >= 0.3 is 0 Å². The van der Waals surface area contributed by atoms with Gasteiger partial charge in [-0.25, -0.2) is 0 Å². The van der Waals surface area contributed by atoms with Crippen LogP contribution in [0, 0.1) is 5.92 Å². The lowest BCUT2D eigenvalue weighted by Crippen LogP contribution is -2.43. The van der Waals surface area contributed by atoms with Crippen molar-refractivity contribution in [2.75, 3.05) is 33.2 Å². The number of aliphatic imine (C=N–C) groups is 1. The first-order chi connectivity index (χ1) is 11.2. The number of halogens is 1. The summed E-state index contributed by atoms with van der Waals surface area (Å²) >= 11 is 0. The van der Waals surface area contributed by atoms with E-state index in [2.05, 4.69) is 58.6 Å². The Morgan fingerprint density at radius 3 is 2.42 bits per heavy atom. The van der Waals surface area contributed by atoms with Gasteiger partial charge < -0.3 is 15.5 Å². The Morgan fingerprint density at radius 2 is 1.79 bits per heavy atom. The molecular formula is C19H33IN4. The van der Waals surface area contributed by atoms with Crippen LogP contribution < -0.4 is 10.6 Å². The van der Waals surface area contributed by atoms with E-state index in [1.54, 1.807) is 0 Å². The van der Waals surface area contributed by atoms with Gasteiger partial charge in [0, 0.05) is 20.1 Å². The van der Waals surface area contributed by atoms with Crippen LogP contribution in [-0.4, -0.2) is 44.1 Å². The zero-order valence-electron chi connectivity index (χ0n) is 15.3.